The Morgan fingerprint density at radius 1 is 1.46 bits per heavy atom. The average molecular weight is 505 g/mol. The molecule has 0 aromatic carbocycles. The number of rotatable bonds is 12. The van der Waals surface area contributed by atoms with Crippen LogP contribution in [-0.2, 0) is 14.4 Å². The monoisotopic (exact) mass is 504 g/mol. The van der Waals surface area contributed by atoms with Crippen molar-refractivity contribution >= 4 is 35.0 Å². The predicted octanol–water partition coefficient (Wildman–Crippen LogP) is 2.33. The molecule has 2 aromatic rings. The summed E-state index contributed by atoms with van der Waals surface area (Å²) in [6.07, 6.45) is 1.37. The van der Waals surface area contributed by atoms with Crippen molar-refractivity contribution in [2.75, 3.05) is 19.7 Å². The number of aromatic nitrogens is 2. The van der Waals surface area contributed by atoms with Crippen LogP contribution in [0.5, 0.6) is 5.88 Å². The molecule has 0 radical (unpaired) electrons. The number of aldehydes is 1. The van der Waals surface area contributed by atoms with Crippen LogP contribution in [0, 0.1) is 12.8 Å². The molecule has 0 spiro atoms. The third-order valence-corrected chi connectivity index (χ3v) is 6.96. The van der Waals surface area contributed by atoms with Crippen LogP contribution in [0.3, 0.4) is 0 Å². The molecule has 2 N–H and O–H groups in total. The maximum Gasteiger partial charge on any atom is 0.254 e. The molecule has 3 heterocycles. The first-order valence-corrected chi connectivity index (χ1v) is 12.5. The zero-order valence-electron chi connectivity index (χ0n) is 20.2. The molecule has 1 aliphatic heterocycles. The minimum Gasteiger partial charge on any atom is -0.468 e. The van der Waals surface area contributed by atoms with Crippen molar-refractivity contribution in [3.05, 3.63) is 34.5 Å². The zero-order valence-corrected chi connectivity index (χ0v) is 21.0. The second-order valence-electron chi connectivity index (χ2n) is 8.93. The van der Waals surface area contributed by atoms with Gasteiger partial charge in [0.1, 0.15) is 18.6 Å². The van der Waals surface area contributed by atoms with Gasteiger partial charge in [-0.1, -0.05) is 20.4 Å². The van der Waals surface area contributed by atoms with E-state index in [1.807, 2.05) is 20.8 Å². The van der Waals surface area contributed by atoms with Gasteiger partial charge in [0, 0.05) is 25.6 Å². The number of carbonyl (C=O) groups excluding carboxylic acids is 3. The summed E-state index contributed by atoms with van der Waals surface area (Å²) >= 11 is 1.55. The lowest BCUT2D eigenvalue weighted by Crippen LogP contribution is -2.48. The molecule has 1 fully saturated rings. The molecule has 190 valence electrons. The lowest BCUT2D eigenvalue weighted by Gasteiger charge is -2.28. The first-order chi connectivity index (χ1) is 16.7. The van der Waals surface area contributed by atoms with Crippen LogP contribution >= 0.6 is 11.3 Å². The van der Waals surface area contributed by atoms with E-state index in [-0.39, 0.29) is 48.9 Å². The van der Waals surface area contributed by atoms with Gasteiger partial charge in [-0.3, -0.25) is 14.4 Å². The van der Waals surface area contributed by atoms with Crippen molar-refractivity contribution in [3.8, 4) is 5.88 Å². The highest BCUT2D eigenvalue weighted by Crippen LogP contribution is 2.32. The Bertz CT molecular complexity index is 1050. The van der Waals surface area contributed by atoms with Crippen LogP contribution < -0.4 is 10.1 Å². The van der Waals surface area contributed by atoms with Gasteiger partial charge >= 0.3 is 0 Å². The first kappa shape index (κ1) is 26.6. The minimum atomic E-state index is -0.794. The molecule has 3 atom stereocenters. The smallest absolute Gasteiger partial charge is 0.254 e. The summed E-state index contributed by atoms with van der Waals surface area (Å²) in [5, 5.41) is 16.9. The molecule has 2 amide bonds. The van der Waals surface area contributed by atoms with Crippen LogP contribution in [-0.4, -0.2) is 70.1 Å². The third-order valence-electron chi connectivity index (χ3n) is 5.93. The quantitative estimate of drug-likeness (QED) is 0.332. The predicted molar refractivity (Wildman–Crippen MR) is 130 cm³/mol. The van der Waals surface area contributed by atoms with Gasteiger partial charge in [0.2, 0.25) is 11.8 Å². The lowest BCUT2D eigenvalue weighted by molar-refractivity contribution is -0.140. The van der Waals surface area contributed by atoms with Crippen molar-refractivity contribution in [1.29, 1.82) is 0 Å². The molecule has 10 nitrogen and oxygen atoms in total. The van der Waals surface area contributed by atoms with Gasteiger partial charge in [-0.25, -0.2) is 4.98 Å². The van der Waals surface area contributed by atoms with Crippen molar-refractivity contribution in [1.82, 2.24) is 20.4 Å². The lowest BCUT2D eigenvalue weighted by atomic mass is 9.91. The number of aliphatic hydroxyl groups is 1. The van der Waals surface area contributed by atoms with E-state index in [2.05, 4.69) is 22.0 Å². The second kappa shape index (κ2) is 12.1. The average Bonchev–Trinajstić information content (AvgIpc) is 3.55. The van der Waals surface area contributed by atoms with Crippen LogP contribution in [0.25, 0.3) is 5.57 Å². The number of β-amino-alcohol motifs (C(OH)–C–C–N with tert-alkyl or cyclic N) is 1. The van der Waals surface area contributed by atoms with Crippen LogP contribution in [0.15, 0.2) is 22.7 Å². The molecule has 1 aliphatic rings. The maximum atomic E-state index is 13.5. The van der Waals surface area contributed by atoms with Gasteiger partial charge in [0.15, 0.2) is 12.0 Å². The number of carbonyl (C=O) groups is 3. The molecule has 0 unspecified atom stereocenters. The summed E-state index contributed by atoms with van der Waals surface area (Å²) in [6, 6.07) is 0.699. The molecule has 0 aliphatic carbocycles. The first-order valence-electron chi connectivity index (χ1n) is 11.6. The van der Waals surface area contributed by atoms with Crippen LogP contribution in [0.1, 0.15) is 55.4 Å². The maximum absolute atomic E-state index is 13.5. The summed E-state index contributed by atoms with van der Waals surface area (Å²) in [7, 11) is 0. The van der Waals surface area contributed by atoms with E-state index in [1.54, 1.807) is 16.8 Å². The number of allylic oxidation sites excluding steroid dienone is 1. The van der Waals surface area contributed by atoms with Gasteiger partial charge in [-0.05, 0) is 36.4 Å². The van der Waals surface area contributed by atoms with Crippen molar-refractivity contribution < 1.29 is 28.8 Å². The fourth-order valence-corrected chi connectivity index (χ4v) is 5.02. The van der Waals surface area contributed by atoms with Gasteiger partial charge in [0.05, 0.1) is 22.2 Å². The molecule has 2 aromatic heterocycles. The van der Waals surface area contributed by atoms with E-state index in [0.717, 1.165) is 16.1 Å². The van der Waals surface area contributed by atoms with Gasteiger partial charge in [0.25, 0.3) is 5.88 Å². The van der Waals surface area contributed by atoms with Crippen molar-refractivity contribution in [2.24, 2.45) is 5.92 Å². The molecule has 1 saturated heterocycles. The molecule has 3 rings (SSSR count). The molecule has 0 bridgehead atoms. The molecule has 0 saturated carbocycles. The SMILES string of the molecule is C=C(CCCNC(=O)[C@@H]1C[C@@H](O)CN1C(=O)[C@@H](c1cc(OCC=O)no1)C(C)C)c1scnc1C. The number of thiazole rings is 1. The van der Waals surface area contributed by atoms with Gasteiger partial charge < -0.3 is 24.6 Å². The number of ether oxygens (including phenoxy) is 1. The highest BCUT2D eigenvalue weighted by molar-refractivity contribution is 7.10. The van der Waals surface area contributed by atoms with Gasteiger partial charge in [-0.15, -0.1) is 11.3 Å². The van der Waals surface area contributed by atoms with E-state index in [0.29, 0.717) is 25.7 Å². The summed E-state index contributed by atoms with van der Waals surface area (Å²) < 4.78 is 10.5. The number of nitrogens with zero attached hydrogens (tertiary/aromatic N) is 3. The van der Waals surface area contributed by atoms with Crippen LogP contribution in [0.4, 0.5) is 0 Å². The highest BCUT2D eigenvalue weighted by atomic mass is 32.1. The number of likely N-dealkylation sites (tertiary alicyclic amines) is 1. The number of hydrogen-bond acceptors (Lipinski definition) is 9. The number of aliphatic hydroxyl groups excluding tert-OH is 1. The molecule has 11 heteroatoms. The van der Waals surface area contributed by atoms with E-state index in [9.17, 15) is 19.5 Å². The van der Waals surface area contributed by atoms with E-state index in [1.165, 1.54) is 11.0 Å². The fourth-order valence-electron chi connectivity index (χ4n) is 4.21. The Hall–Kier alpha value is -3.05. The van der Waals surface area contributed by atoms with Crippen LogP contribution in [0.2, 0.25) is 0 Å². The number of amides is 2. The largest absolute Gasteiger partial charge is 0.468 e. The van der Waals surface area contributed by atoms with Crippen molar-refractivity contribution in [2.45, 2.75) is 58.1 Å². The normalized spacial score (nSPS) is 18.5. The molecular formula is C24H32N4O6S. The molecule has 35 heavy (non-hydrogen) atoms. The van der Waals surface area contributed by atoms with E-state index < -0.39 is 18.1 Å². The Morgan fingerprint density at radius 2 is 2.23 bits per heavy atom. The Balaban J connectivity index is 1.61. The van der Waals surface area contributed by atoms with E-state index >= 15 is 0 Å². The number of aryl methyl sites for hydroxylation is 1. The fraction of sp³-hybridized carbons (Fsp3) is 0.542. The topological polar surface area (TPSA) is 135 Å². The third kappa shape index (κ3) is 6.55. The second-order valence-corrected chi connectivity index (χ2v) is 9.78. The standard InChI is InChI=1S/C24H32N4O6S/c1-14(2)21(19-11-20(27-34-19)33-9-8-29)24(32)28-12-17(30)10-18(28)23(31)25-7-5-6-15(3)22-16(4)26-13-35-22/h8,11,13-14,17-18,21,30H,3,5-7,9-10,12H2,1-2,4H3,(H,25,31)/t17-,18+,21-/m1/s1. The summed E-state index contributed by atoms with van der Waals surface area (Å²) in [5.41, 5.74) is 3.72. The van der Waals surface area contributed by atoms with Gasteiger partial charge in [-0.2, -0.15) is 0 Å². The summed E-state index contributed by atoms with van der Waals surface area (Å²) in [4.78, 5) is 43.7. The number of hydrogen-bond donors (Lipinski definition) is 2. The summed E-state index contributed by atoms with van der Waals surface area (Å²) in [5.74, 6) is -1.13. The van der Waals surface area contributed by atoms with E-state index in [4.69, 9.17) is 9.26 Å². The Labute approximate surface area is 208 Å². The number of nitrogens with one attached hydrogen (secondary N) is 1. The van der Waals surface area contributed by atoms with Crippen molar-refractivity contribution in [3.63, 3.8) is 0 Å². The minimum absolute atomic E-state index is 0.0598. The Kier molecular flexibility index (Phi) is 9.16. The summed E-state index contributed by atoms with van der Waals surface area (Å²) in [6.45, 7) is 10.1. The zero-order chi connectivity index (χ0) is 25.5. The highest BCUT2D eigenvalue weighted by Gasteiger charge is 2.43. The molecular weight excluding hydrogens is 472 g/mol. The Morgan fingerprint density at radius 3 is 2.89 bits per heavy atom.